The molecule has 19 heavy (non-hydrogen) atoms. The molecule has 0 aromatic heterocycles. The molecule has 2 aromatic rings. The summed E-state index contributed by atoms with van der Waals surface area (Å²) in [6.45, 7) is 1.78. The molecule has 0 aliphatic rings. The van der Waals surface area contributed by atoms with Crippen molar-refractivity contribution >= 4 is 10.8 Å². The third-order valence-corrected chi connectivity index (χ3v) is 3.46. The van der Waals surface area contributed by atoms with Crippen LogP contribution in [0.2, 0.25) is 0 Å². The second-order valence-corrected chi connectivity index (χ2v) is 4.94. The minimum absolute atomic E-state index is 0.387. The number of ether oxygens (including phenoxy) is 2. The van der Waals surface area contributed by atoms with Gasteiger partial charge in [-0.1, -0.05) is 36.4 Å². The van der Waals surface area contributed by atoms with Crippen LogP contribution in [-0.4, -0.2) is 25.6 Å². The van der Waals surface area contributed by atoms with Crippen LogP contribution in [0.4, 0.5) is 0 Å². The average Bonchev–Trinajstić information content (AvgIpc) is 2.44. The van der Waals surface area contributed by atoms with Crippen molar-refractivity contribution in [3.8, 4) is 0 Å². The molecule has 0 saturated heterocycles. The Kier molecular flexibility index (Phi) is 4.20. The number of hydrogen-bond donors (Lipinski definition) is 1. The Bertz CT molecular complexity index is 544. The molecule has 1 N–H and O–H groups in total. The molecule has 0 aliphatic carbocycles. The fourth-order valence-corrected chi connectivity index (χ4v) is 2.23. The average molecular weight is 260 g/mol. The summed E-state index contributed by atoms with van der Waals surface area (Å²) in [5, 5.41) is 12.9. The number of fused-ring (bicyclic) bond motifs is 1. The zero-order chi connectivity index (χ0) is 13.9. The van der Waals surface area contributed by atoms with Gasteiger partial charge in [0.25, 0.3) is 0 Å². The van der Waals surface area contributed by atoms with Gasteiger partial charge in [-0.15, -0.1) is 0 Å². The van der Waals surface area contributed by atoms with E-state index in [-0.39, 0.29) is 0 Å². The lowest BCUT2D eigenvalue weighted by molar-refractivity contribution is -0.142. The van der Waals surface area contributed by atoms with Crippen LogP contribution in [0.3, 0.4) is 0 Å². The highest BCUT2D eigenvalue weighted by Crippen LogP contribution is 2.29. The Labute approximate surface area is 113 Å². The van der Waals surface area contributed by atoms with Crippen LogP contribution in [0, 0.1) is 0 Å². The smallest absolute Gasteiger partial charge is 0.159 e. The molecule has 1 unspecified atom stereocenters. The Morgan fingerprint density at radius 3 is 2.32 bits per heavy atom. The Hall–Kier alpha value is -1.42. The first kappa shape index (κ1) is 14.0. The molecule has 2 rings (SSSR count). The molecular formula is C16H20O3. The van der Waals surface area contributed by atoms with Gasteiger partial charge in [-0.3, -0.25) is 0 Å². The topological polar surface area (TPSA) is 38.7 Å². The van der Waals surface area contributed by atoms with E-state index in [9.17, 15) is 5.11 Å². The van der Waals surface area contributed by atoms with Gasteiger partial charge < -0.3 is 14.6 Å². The first-order valence-electron chi connectivity index (χ1n) is 6.34. The van der Waals surface area contributed by atoms with Crippen LogP contribution in [0.1, 0.15) is 18.9 Å². The molecule has 0 spiro atoms. The quantitative estimate of drug-likeness (QED) is 0.840. The lowest BCUT2D eigenvalue weighted by Gasteiger charge is -2.27. The van der Waals surface area contributed by atoms with Crippen LogP contribution >= 0.6 is 0 Å². The van der Waals surface area contributed by atoms with E-state index in [0.717, 1.165) is 16.3 Å². The Balaban J connectivity index is 2.31. The van der Waals surface area contributed by atoms with Crippen molar-refractivity contribution in [1.29, 1.82) is 0 Å². The van der Waals surface area contributed by atoms with Gasteiger partial charge >= 0.3 is 0 Å². The monoisotopic (exact) mass is 260 g/mol. The van der Waals surface area contributed by atoms with E-state index in [0.29, 0.717) is 6.42 Å². The van der Waals surface area contributed by atoms with Gasteiger partial charge in [0.05, 0.1) is 5.60 Å². The maximum Gasteiger partial charge on any atom is 0.159 e. The van der Waals surface area contributed by atoms with Gasteiger partial charge in [-0.2, -0.15) is 0 Å². The highest BCUT2D eigenvalue weighted by Gasteiger charge is 2.27. The Morgan fingerprint density at radius 1 is 1.05 bits per heavy atom. The van der Waals surface area contributed by atoms with Gasteiger partial charge in [0.15, 0.2) is 6.29 Å². The standard InChI is InChI=1S/C16H20O3/c1-16(17,11-15(18-2)19-3)14-9-8-12-6-4-5-7-13(12)10-14/h4-10,15,17H,11H2,1-3H3. The first-order chi connectivity index (χ1) is 9.06. The molecule has 0 saturated carbocycles. The number of methoxy groups -OCH3 is 2. The van der Waals surface area contributed by atoms with Crippen LogP contribution in [0.5, 0.6) is 0 Å². The molecule has 2 aromatic carbocycles. The molecule has 0 bridgehead atoms. The van der Waals surface area contributed by atoms with E-state index in [1.807, 2.05) is 36.4 Å². The molecule has 3 heteroatoms. The lowest BCUT2D eigenvalue weighted by Crippen LogP contribution is -2.29. The van der Waals surface area contributed by atoms with Crippen LogP contribution < -0.4 is 0 Å². The summed E-state index contributed by atoms with van der Waals surface area (Å²) in [6.07, 6.45) is -0.0281. The Morgan fingerprint density at radius 2 is 1.68 bits per heavy atom. The number of aliphatic hydroxyl groups is 1. The number of benzene rings is 2. The zero-order valence-electron chi connectivity index (χ0n) is 11.6. The normalized spacial score (nSPS) is 14.8. The lowest BCUT2D eigenvalue weighted by atomic mass is 9.90. The summed E-state index contributed by atoms with van der Waals surface area (Å²) in [6, 6.07) is 14.1. The second-order valence-electron chi connectivity index (χ2n) is 4.94. The molecule has 102 valence electrons. The summed E-state index contributed by atoms with van der Waals surface area (Å²) >= 11 is 0. The van der Waals surface area contributed by atoms with E-state index in [2.05, 4.69) is 6.07 Å². The summed E-state index contributed by atoms with van der Waals surface area (Å²) in [7, 11) is 3.15. The zero-order valence-corrected chi connectivity index (χ0v) is 11.6. The van der Waals surface area contributed by atoms with Crippen molar-refractivity contribution in [1.82, 2.24) is 0 Å². The van der Waals surface area contributed by atoms with Crippen molar-refractivity contribution in [2.45, 2.75) is 25.2 Å². The van der Waals surface area contributed by atoms with Crippen LogP contribution in [0.25, 0.3) is 10.8 Å². The van der Waals surface area contributed by atoms with Gasteiger partial charge in [0, 0.05) is 20.6 Å². The molecular weight excluding hydrogens is 240 g/mol. The van der Waals surface area contributed by atoms with Gasteiger partial charge in [-0.05, 0) is 29.3 Å². The molecule has 0 fully saturated rings. The fourth-order valence-electron chi connectivity index (χ4n) is 2.23. The number of hydrogen-bond acceptors (Lipinski definition) is 3. The van der Waals surface area contributed by atoms with E-state index < -0.39 is 11.9 Å². The van der Waals surface area contributed by atoms with Crippen molar-refractivity contribution in [2.75, 3.05) is 14.2 Å². The van der Waals surface area contributed by atoms with E-state index in [1.54, 1.807) is 21.1 Å². The maximum absolute atomic E-state index is 10.6. The van der Waals surface area contributed by atoms with Crippen molar-refractivity contribution in [2.24, 2.45) is 0 Å². The summed E-state index contributed by atoms with van der Waals surface area (Å²) in [5.41, 5.74) is -0.119. The van der Waals surface area contributed by atoms with Gasteiger partial charge in [0.2, 0.25) is 0 Å². The highest BCUT2D eigenvalue weighted by molar-refractivity contribution is 5.83. The highest BCUT2D eigenvalue weighted by atomic mass is 16.7. The SMILES string of the molecule is COC(CC(C)(O)c1ccc2ccccc2c1)OC. The van der Waals surface area contributed by atoms with Gasteiger partial charge in [-0.25, -0.2) is 0 Å². The molecule has 3 nitrogen and oxygen atoms in total. The first-order valence-corrected chi connectivity index (χ1v) is 6.34. The predicted octanol–water partition coefficient (Wildman–Crippen LogP) is 3.06. The summed E-state index contributed by atoms with van der Waals surface area (Å²) < 4.78 is 10.3. The fraction of sp³-hybridized carbons (Fsp3) is 0.375. The van der Waals surface area contributed by atoms with E-state index in [1.165, 1.54) is 0 Å². The van der Waals surface area contributed by atoms with Crippen molar-refractivity contribution < 1.29 is 14.6 Å². The molecule has 0 radical (unpaired) electrons. The second kappa shape index (κ2) is 5.70. The van der Waals surface area contributed by atoms with Crippen molar-refractivity contribution in [3.63, 3.8) is 0 Å². The van der Waals surface area contributed by atoms with E-state index >= 15 is 0 Å². The van der Waals surface area contributed by atoms with Crippen LogP contribution in [0.15, 0.2) is 42.5 Å². The number of rotatable bonds is 5. The van der Waals surface area contributed by atoms with E-state index in [4.69, 9.17) is 9.47 Å². The summed E-state index contributed by atoms with van der Waals surface area (Å²) in [5.74, 6) is 0. The molecule has 0 amide bonds. The van der Waals surface area contributed by atoms with Crippen LogP contribution in [-0.2, 0) is 15.1 Å². The van der Waals surface area contributed by atoms with Gasteiger partial charge in [0.1, 0.15) is 0 Å². The molecule has 1 atom stereocenters. The maximum atomic E-state index is 10.6. The third kappa shape index (κ3) is 3.13. The predicted molar refractivity (Wildman–Crippen MR) is 75.9 cm³/mol. The molecule has 0 aliphatic heterocycles. The van der Waals surface area contributed by atoms with Crippen molar-refractivity contribution in [3.05, 3.63) is 48.0 Å². The largest absolute Gasteiger partial charge is 0.385 e. The third-order valence-electron chi connectivity index (χ3n) is 3.46. The minimum Gasteiger partial charge on any atom is -0.385 e. The molecule has 0 heterocycles. The minimum atomic E-state index is -0.985. The summed E-state index contributed by atoms with van der Waals surface area (Å²) in [4.78, 5) is 0.